The van der Waals surface area contributed by atoms with E-state index in [1.165, 1.54) is 23.2 Å². The first-order chi connectivity index (χ1) is 13.2. The summed E-state index contributed by atoms with van der Waals surface area (Å²) in [6.45, 7) is 6.00. The Morgan fingerprint density at radius 3 is 2.74 bits per heavy atom. The average molecular weight is 360 g/mol. The van der Waals surface area contributed by atoms with Crippen LogP contribution in [0.3, 0.4) is 0 Å². The lowest BCUT2D eigenvalue weighted by Crippen LogP contribution is -2.46. The van der Waals surface area contributed by atoms with E-state index in [0.29, 0.717) is 23.2 Å². The summed E-state index contributed by atoms with van der Waals surface area (Å²) in [5.74, 6) is 1.62. The molecule has 1 saturated heterocycles. The molecule has 1 fully saturated rings. The standard InChI is InChI=1S/C22H24N4O/c1-15-2-4-16(5-3-15)11-25-12-17-10-18(14-25)20-7-6-19(21-23-8-9-24-21)22(27)26(20)13-17/h2-9,17-18H,10-14H2,1H3,(H,23,24)/t17-,18+/m0/s1. The number of aromatic nitrogens is 3. The lowest BCUT2D eigenvalue weighted by atomic mass is 9.82. The van der Waals surface area contributed by atoms with Gasteiger partial charge in [0, 0.05) is 50.2 Å². The zero-order valence-corrected chi connectivity index (χ0v) is 15.6. The predicted octanol–water partition coefficient (Wildman–Crippen LogP) is 3.17. The fraction of sp³-hybridized carbons (Fsp3) is 0.364. The van der Waals surface area contributed by atoms with Gasteiger partial charge in [-0.1, -0.05) is 29.8 Å². The number of fused-ring (bicyclic) bond motifs is 4. The smallest absolute Gasteiger partial charge is 0.261 e. The van der Waals surface area contributed by atoms with Gasteiger partial charge in [-0.05, 0) is 37.0 Å². The van der Waals surface area contributed by atoms with Crippen LogP contribution in [0.5, 0.6) is 0 Å². The molecule has 2 aliphatic heterocycles. The minimum atomic E-state index is 0.0872. The minimum Gasteiger partial charge on any atom is -0.344 e. The fourth-order valence-electron chi connectivity index (χ4n) is 4.72. The van der Waals surface area contributed by atoms with Crippen LogP contribution in [0.15, 0.2) is 53.6 Å². The van der Waals surface area contributed by atoms with E-state index in [0.717, 1.165) is 26.2 Å². The fourth-order valence-corrected chi connectivity index (χ4v) is 4.72. The number of aryl methyl sites for hydroxylation is 1. The van der Waals surface area contributed by atoms with Gasteiger partial charge in [-0.2, -0.15) is 0 Å². The molecule has 0 amide bonds. The molecule has 0 saturated carbocycles. The summed E-state index contributed by atoms with van der Waals surface area (Å²) in [4.78, 5) is 22.9. The van der Waals surface area contributed by atoms with Gasteiger partial charge in [-0.25, -0.2) is 4.98 Å². The molecule has 4 heterocycles. The van der Waals surface area contributed by atoms with Gasteiger partial charge >= 0.3 is 0 Å². The summed E-state index contributed by atoms with van der Waals surface area (Å²) in [7, 11) is 0. The van der Waals surface area contributed by atoms with Crippen molar-refractivity contribution in [2.75, 3.05) is 13.1 Å². The van der Waals surface area contributed by atoms with Gasteiger partial charge < -0.3 is 9.55 Å². The number of pyridine rings is 1. The topological polar surface area (TPSA) is 53.9 Å². The first kappa shape index (κ1) is 16.5. The van der Waals surface area contributed by atoms with Gasteiger partial charge in [0.25, 0.3) is 5.56 Å². The van der Waals surface area contributed by atoms with Crippen molar-refractivity contribution in [3.63, 3.8) is 0 Å². The molecule has 5 nitrogen and oxygen atoms in total. The number of imidazole rings is 1. The lowest BCUT2D eigenvalue weighted by Gasteiger charge is -2.43. The molecule has 1 N–H and O–H groups in total. The number of nitrogens with one attached hydrogen (secondary N) is 1. The predicted molar refractivity (Wildman–Crippen MR) is 106 cm³/mol. The number of hydrogen-bond acceptors (Lipinski definition) is 3. The molecule has 2 atom stereocenters. The third kappa shape index (κ3) is 3.02. The molecule has 0 spiro atoms. The quantitative estimate of drug-likeness (QED) is 0.781. The summed E-state index contributed by atoms with van der Waals surface area (Å²) in [5.41, 5.74) is 4.60. The Bertz CT molecular complexity index is 1000. The van der Waals surface area contributed by atoms with E-state index in [1.807, 2.05) is 10.6 Å². The van der Waals surface area contributed by atoms with E-state index in [4.69, 9.17) is 0 Å². The Hall–Kier alpha value is -2.66. The van der Waals surface area contributed by atoms with Gasteiger partial charge in [0.2, 0.25) is 0 Å². The Labute approximate surface area is 158 Å². The van der Waals surface area contributed by atoms with Crippen molar-refractivity contribution in [1.29, 1.82) is 0 Å². The van der Waals surface area contributed by atoms with Crippen molar-refractivity contribution in [1.82, 2.24) is 19.4 Å². The second-order valence-corrected chi connectivity index (χ2v) is 8.00. The van der Waals surface area contributed by atoms with E-state index >= 15 is 0 Å². The van der Waals surface area contributed by atoms with Crippen molar-refractivity contribution in [2.24, 2.45) is 5.92 Å². The number of hydrogen-bond donors (Lipinski definition) is 1. The number of benzene rings is 1. The lowest BCUT2D eigenvalue weighted by molar-refractivity contribution is 0.114. The van der Waals surface area contributed by atoms with E-state index in [1.54, 1.807) is 12.4 Å². The zero-order valence-electron chi connectivity index (χ0n) is 15.6. The van der Waals surface area contributed by atoms with Crippen LogP contribution in [-0.2, 0) is 13.1 Å². The molecule has 2 aliphatic rings. The van der Waals surface area contributed by atoms with E-state index < -0.39 is 0 Å². The second-order valence-electron chi connectivity index (χ2n) is 8.00. The Balaban J connectivity index is 1.42. The Morgan fingerprint density at radius 2 is 1.96 bits per heavy atom. The summed E-state index contributed by atoms with van der Waals surface area (Å²) in [6, 6.07) is 12.9. The molecule has 2 aromatic heterocycles. The van der Waals surface area contributed by atoms with Gasteiger partial charge in [-0.3, -0.25) is 9.69 Å². The van der Waals surface area contributed by atoms with Crippen molar-refractivity contribution in [3.05, 3.63) is 76.0 Å². The van der Waals surface area contributed by atoms with E-state index in [9.17, 15) is 4.79 Å². The molecule has 0 aliphatic carbocycles. The van der Waals surface area contributed by atoms with Crippen LogP contribution < -0.4 is 5.56 Å². The number of piperidine rings is 1. The molecule has 5 rings (SSSR count). The van der Waals surface area contributed by atoms with Gasteiger partial charge in [0.05, 0.1) is 5.56 Å². The molecule has 2 bridgehead atoms. The van der Waals surface area contributed by atoms with E-state index in [-0.39, 0.29) is 5.56 Å². The largest absolute Gasteiger partial charge is 0.344 e. The van der Waals surface area contributed by atoms with Crippen LogP contribution >= 0.6 is 0 Å². The maximum absolute atomic E-state index is 13.0. The molecule has 27 heavy (non-hydrogen) atoms. The van der Waals surface area contributed by atoms with Gasteiger partial charge in [0.15, 0.2) is 0 Å². The zero-order chi connectivity index (χ0) is 18.4. The Morgan fingerprint density at radius 1 is 1.11 bits per heavy atom. The number of aromatic amines is 1. The maximum Gasteiger partial charge on any atom is 0.261 e. The molecule has 0 radical (unpaired) electrons. The Kier molecular flexibility index (Phi) is 3.97. The summed E-state index contributed by atoms with van der Waals surface area (Å²) < 4.78 is 2.00. The van der Waals surface area contributed by atoms with Crippen LogP contribution in [-0.4, -0.2) is 32.5 Å². The maximum atomic E-state index is 13.0. The minimum absolute atomic E-state index is 0.0872. The summed E-state index contributed by atoms with van der Waals surface area (Å²) in [5, 5.41) is 0. The monoisotopic (exact) mass is 360 g/mol. The van der Waals surface area contributed by atoms with Crippen molar-refractivity contribution >= 4 is 0 Å². The highest BCUT2D eigenvalue weighted by Crippen LogP contribution is 2.36. The van der Waals surface area contributed by atoms with Crippen LogP contribution in [0.2, 0.25) is 0 Å². The van der Waals surface area contributed by atoms with Crippen LogP contribution in [0.25, 0.3) is 11.4 Å². The van der Waals surface area contributed by atoms with E-state index in [2.05, 4.69) is 52.1 Å². The summed E-state index contributed by atoms with van der Waals surface area (Å²) in [6.07, 6.45) is 4.64. The number of rotatable bonds is 3. The van der Waals surface area contributed by atoms with Crippen LogP contribution in [0, 0.1) is 12.8 Å². The van der Waals surface area contributed by atoms with Crippen molar-refractivity contribution in [2.45, 2.75) is 32.4 Å². The van der Waals surface area contributed by atoms with Gasteiger partial charge in [-0.15, -0.1) is 0 Å². The number of H-pyrrole nitrogens is 1. The molecular formula is C22H24N4O. The molecular weight excluding hydrogens is 336 g/mol. The van der Waals surface area contributed by atoms with Crippen LogP contribution in [0.4, 0.5) is 0 Å². The highest BCUT2D eigenvalue weighted by Gasteiger charge is 2.35. The molecule has 1 aromatic carbocycles. The highest BCUT2D eigenvalue weighted by molar-refractivity contribution is 5.53. The normalized spacial score (nSPS) is 21.8. The average Bonchev–Trinajstić information content (AvgIpc) is 3.19. The molecule has 5 heteroatoms. The number of nitrogens with zero attached hydrogens (tertiary/aromatic N) is 3. The van der Waals surface area contributed by atoms with Crippen molar-refractivity contribution in [3.8, 4) is 11.4 Å². The SMILES string of the molecule is Cc1ccc(CN2C[C@@H]3C[C@H](C2)c2ccc(-c4ncc[nH]4)c(=O)n2C3)cc1. The van der Waals surface area contributed by atoms with Crippen molar-refractivity contribution < 1.29 is 0 Å². The first-order valence-electron chi connectivity index (χ1n) is 9.69. The number of likely N-dealkylation sites (tertiary alicyclic amines) is 1. The highest BCUT2D eigenvalue weighted by atomic mass is 16.1. The second kappa shape index (κ2) is 6.50. The molecule has 138 valence electrons. The molecule has 0 unspecified atom stereocenters. The summed E-state index contributed by atoms with van der Waals surface area (Å²) >= 11 is 0. The van der Waals surface area contributed by atoms with Gasteiger partial charge in [0.1, 0.15) is 5.82 Å². The third-order valence-electron chi connectivity index (χ3n) is 5.96. The first-order valence-corrected chi connectivity index (χ1v) is 9.69. The van der Waals surface area contributed by atoms with Crippen LogP contribution in [0.1, 0.15) is 29.2 Å². The third-order valence-corrected chi connectivity index (χ3v) is 5.96. The molecule has 3 aromatic rings.